The molecule has 0 bridgehead atoms. The number of nitro benzene ring substituents is 1. The molecule has 0 unspecified atom stereocenters. The summed E-state index contributed by atoms with van der Waals surface area (Å²) in [5.41, 5.74) is 2.74. The van der Waals surface area contributed by atoms with Gasteiger partial charge in [0.25, 0.3) is 5.69 Å². The van der Waals surface area contributed by atoms with Crippen molar-refractivity contribution in [1.29, 1.82) is 0 Å². The average molecular weight is 484 g/mol. The number of rotatable bonds is 5. The van der Waals surface area contributed by atoms with E-state index >= 15 is 0 Å². The molecule has 7 nitrogen and oxygen atoms in total. The van der Waals surface area contributed by atoms with Crippen LogP contribution in [0.4, 0.5) is 15.8 Å². The minimum absolute atomic E-state index is 0.00779. The van der Waals surface area contributed by atoms with Crippen molar-refractivity contribution < 1.29 is 18.8 Å². The van der Waals surface area contributed by atoms with Crippen LogP contribution < -0.4 is 14.3 Å². The fourth-order valence-electron chi connectivity index (χ4n) is 3.47. The van der Waals surface area contributed by atoms with Crippen LogP contribution in [0.2, 0.25) is 5.02 Å². The largest absolute Gasteiger partial charge is 0.454 e. The zero-order valence-corrected chi connectivity index (χ0v) is 18.5. The maximum absolute atomic E-state index is 14.0. The van der Waals surface area contributed by atoms with Crippen molar-refractivity contribution in [3.8, 4) is 22.8 Å². The van der Waals surface area contributed by atoms with E-state index in [4.69, 9.17) is 21.1 Å². The van der Waals surface area contributed by atoms with E-state index < -0.39 is 10.7 Å². The van der Waals surface area contributed by atoms with Crippen LogP contribution in [-0.4, -0.2) is 16.3 Å². The fourth-order valence-corrected chi connectivity index (χ4v) is 4.51. The minimum atomic E-state index is -0.560. The number of nitro groups is 1. The summed E-state index contributed by atoms with van der Waals surface area (Å²) in [5, 5.41) is 13.2. The van der Waals surface area contributed by atoms with E-state index in [0.717, 1.165) is 11.3 Å². The second-order valence-electron chi connectivity index (χ2n) is 7.19. The summed E-state index contributed by atoms with van der Waals surface area (Å²) in [4.78, 5) is 16.1. The van der Waals surface area contributed by atoms with Crippen LogP contribution in [0.25, 0.3) is 11.3 Å². The highest BCUT2D eigenvalue weighted by Gasteiger charge is 2.16. The number of benzene rings is 3. The summed E-state index contributed by atoms with van der Waals surface area (Å²) >= 11 is 7.15. The Labute approximate surface area is 196 Å². The minimum Gasteiger partial charge on any atom is -0.454 e. The van der Waals surface area contributed by atoms with Crippen molar-refractivity contribution in [3.63, 3.8) is 0 Å². The number of thiazole rings is 1. The van der Waals surface area contributed by atoms with Gasteiger partial charge in [-0.25, -0.2) is 9.38 Å². The Hall–Kier alpha value is -3.69. The molecule has 1 aliphatic rings. The van der Waals surface area contributed by atoms with Gasteiger partial charge in [0.2, 0.25) is 6.79 Å². The summed E-state index contributed by atoms with van der Waals surface area (Å²) < 4.78 is 26.8. The highest BCUT2D eigenvalue weighted by Crippen LogP contribution is 2.33. The smallest absolute Gasteiger partial charge is 0.270 e. The van der Waals surface area contributed by atoms with Gasteiger partial charge in [-0.2, -0.15) is 0 Å². The first-order valence-electron chi connectivity index (χ1n) is 9.79. The van der Waals surface area contributed by atoms with Crippen LogP contribution in [-0.2, 0) is 6.54 Å². The van der Waals surface area contributed by atoms with Crippen molar-refractivity contribution in [2.24, 2.45) is 4.99 Å². The SMILES string of the molecule is O=[N+]([O-])c1cccc(-c2csc(=Nc3ccc(Cl)c(F)c3)n2Cc2ccc3c(c2)OCO3)c1. The molecule has 4 aromatic rings. The Kier molecular flexibility index (Phi) is 5.57. The van der Waals surface area contributed by atoms with Crippen LogP contribution in [0, 0.1) is 15.9 Å². The molecule has 5 rings (SSSR count). The number of hydrogen-bond acceptors (Lipinski definition) is 6. The predicted octanol–water partition coefficient (Wildman–Crippen LogP) is 5.93. The molecule has 1 aromatic heterocycles. The van der Waals surface area contributed by atoms with E-state index in [1.165, 1.54) is 35.6 Å². The molecule has 166 valence electrons. The lowest BCUT2D eigenvalue weighted by molar-refractivity contribution is -0.384. The summed E-state index contributed by atoms with van der Waals surface area (Å²) in [5.74, 6) is 0.767. The van der Waals surface area contributed by atoms with E-state index in [1.807, 2.05) is 28.1 Å². The highest BCUT2D eigenvalue weighted by molar-refractivity contribution is 7.07. The number of halogens is 2. The molecular formula is C23H15ClFN3O4S. The predicted molar refractivity (Wildman–Crippen MR) is 123 cm³/mol. The van der Waals surface area contributed by atoms with Crippen LogP contribution in [0.5, 0.6) is 11.5 Å². The van der Waals surface area contributed by atoms with E-state index in [9.17, 15) is 14.5 Å². The van der Waals surface area contributed by atoms with Gasteiger partial charge in [-0.05, 0) is 29.8 Å². The first kappa shape index (κ1) is 21.2. The monoisotopic (exact) mass is 483 g/mol. The third kappa shape index (κ3) is 4.33. The van der Waals surface area contributed by atoms with E-state index in [-0.39, 0.29) is 17.5 Å². The van der Waals surface area contributed by atoms with Gasteiger partial charge in [0.1, 0.15) is 5.82 Å². The van der Waals surface area contributed by atoms with Crippen molar-refractivity contribution in [3.05, 3.63) is 97.4 Å². The summed E-state index contributed by atoms with van der Waals surface area (Å²) in [6, 6.07) is 16.4. The number of nitrogens with zero attached hydrogens (tertiary/aromatic N) is 3. The molecule has 10 heteroatoms. The van der Waals surface area contributed by atoms with Gasteiger partial charge in [-0.15, -0.1) is 11.3 Å². The van der Waals surface area contributed by atoms with Crippen molar-refractivity contribution in [2.75, 3.05) is 6.79 Å². The molecule has 0 saturated heterocycles. The quantitative estimate of drug-likeness (QED) is 0.260. The average Bonchev–Trinajstić information content (AvgIpc) is 3.43. The van der Waals surface area contributed by atoms with Crippen LogP contribution >= 0.6 is 22.9 Å². The van der Waals surface area contributed by atoms with E-state index in [1.54, 1.807) is 18.2 Å². The molecule has 0 amide bonds. The van der Waals surface area contributed by atoms with Gasteiger partial charge in [-0.3, -0.25) is 10.1 Å². The third-order valence-electron chi connectivity index (χ3n) is 5.06. The van der Waals surface area contributed by atoms with Crippen molar-refractivity contribution in [1.82, 2.24) is 4.57 Å². The number of non-ortho nitro benzene ring substituents is 1. The second-order valence-corrected chi connectivity index (χ2v) is 8.44. The van der Waals surface area contributed by atoms with E-state index in [2.05, 4.69) is 4.99 Å². The number of hydrogen-bond donors (Lipinski definition) is 0. The van der Waals surface area contributed by atoms with Crippen LogP contribution in [0.1, 0.15) is 5.56 Å². The molecule has 2 heterocycles. The summed E-state index contributed by atoms with van der Waals surface area (Å²) in [6.07, 6.45) is 0. The fraction of sp³-hybridized carbons (Fsp3) is 0.0870. The Morgan fingerprint density at radius 3 is 2.79 bits per heavy atom. The molecule has 0 fully saturated rings. The molecule has 0 spiro atoms. The molecule has 1 aliphatic heterocycles. The second kappa shape index (κ2) is 8.68. The molecule has 33 heavy (non-hydrogen) atoms. The van der Waals surface area contributed by atoms with Gasteiger partial charge < -0.3 is 14.0 Å². The summed E-state index contributed by atoms with van der Waals surface area (Å²) in [6.45, 7) is 0.582. The van der Waals surface area contributed by atoms with Gasteiger partial charge in [-0.1, -0.05) is 29.8 Å². The molecule has 0 aliphatic carbocycles. The maximum Gasteiger partial charge on any atom is 0.270 e. The van der Waals surface area contributed by atoms with Gasteiger partial charge in [0.15, 0.2) is 16.3 Å². The molecule has 0 N–H and O–H groups in total. The molecule has 3 aromatic carbocycles. The molecular weight excluding hydrogens is 469 g/mol. The van der Waals surface area contributed by atoms with Crippen LogP contribution in [0.15, 0.2) is 71.0 Å². The number of aromatic nitrogens is 1. The summed E-state index contributed by atoms with van der Waals surface area (Å²) in [7, 11) is 0. The lowest BCUT2D eigenvalue weighted by atomic mass is 10.1. The molecule has 0 saturated carbocycles. The molecule has 0 radical (unpaired) electrons. The standard InChI is InChI=1S/C23H15ClFN3O4S/c24-18-6-5-16(10-19(18)25)26-23-27(11-14-4-7-21-22(8-14)32-13-31-21)20(12-33-23)15-2-1-3-17(9-15)28(29)30/h1-10,12H,11,13H2. The number of ether oxygens (including phenoxy) is 2. The Morgan fingerprint density at radius 2 is 1.97 bits per heavy atom. The Balaban J connectivity index is 1.63. The maximum atomic E-state index is 14.0. The van der Waals surface area contributed by atoms with Crippen molar-refractivity contribution >= 4 is 34.3 Å². The van der Waals surface area contributed by atoms with Crippen molar-refractivity contribution in [2.45, 2.75) is 6.54 Å². The Morgan fingerprint density at radius 1 is 1.12 bits per heavy atom. The van der Waals surface area contributed by atoms with Gasteiger partial charge >= 0.3 is 0 Å². The van der Waals surface area contributed by atoms with Gasteiger partial charge in [0, 0.05) is 29.1 Å². The van der Waals surface area contributed by atoms with Gasteiger partial charge in [0.05, 0.1) is 27.9 Å². The highest BCUT2D eigenvalue weighted by atomic mass is 35.5. The zero-order valence-electron chi connectivity index (χ0n) is 16.9. The first-order chi connectivity index (χ1) is 16.0. The first-order valence-corrected chi connectivity index (χ1v) is 11.1. The normalized spacial score (nSPS) is 12.8. The lowest BCUT2D eigenvalue weighted by Crippen LogP contribution is -2.16. The molecule has 0 atom stereocenters. The van der Waals surface area contributed by atoms with E-state index in [0.29, 0.717) is 34.1 Å². The Bertz CT molecular complexity index is 1450. The van der Waals surface area contributed by atoms with Crippen LogP contribution in [0.3, 0.4) is 0 Å². The topological polar surface area (TPSA) is 78.9 Å². The zero-order chi connectivity index (χ0) is 22.9. The lowest BCUT2D eigenvalue weighted by Gasteiger charge is -2.10. The number of fused-ring (bicyclic) bond motifs is 1. The third-order valence-corrected chi connectivity index (χ3v) is 6.23.